The number of esters is 1. The maximum absolute atomic E-state index is 12.4. The Hall–Kier alpha value is -1.66. The number of carbonyl (C=O) groups excluding carboxylic acids is 2. The molecule has 2 unspecified atom stereocenters. The second-order valence-corrected chi connectivity index (χ2v) is 16.8. The van der Waals surface area contributed by atoms with Gasteiger partial charge in [-0.3, -0.25) is 9.59 Å². The molecular weight excluding hydrogens is 695 g/mol. The summed E-state index contributed by atoms with van der Waals surface area (Å²) < 4.78 is 5.45. The van der Waals surface area contributed by atoms with Crippen LogP contribution in [0.25, 0.3) is 0 Å². The molecule has 0 bridgehead atoms. The lowest BCUT2D eigenvalue weighted by Gasteiger charge is -2.22. The normalized spacial score (nSPS) is 12.9. The van der Waals surface area contributed by atoms with E-state index in [2.05, 4.69) is 43.5 Å². The molecule has 0 aliphatic heterocycles. The van der Waals surface area contributed by atoms with Gasteiger partial charge in [-0.05, 0) is 57.8 Å². The molecule has 0 aliphatic rings. The molecule has 0 aromatic rings. The lowest BCUT2D eigenvalue weighted by atomic mass is 10.0. The molecule has 1 amide bonds. The second-order valence-electron chi connectivity index (χ2n) is 16.8. The van der Waals surface area contributed by atoms with Crippen LogP contribution in [0.5, 0.6) is 0 Å². The quantitative estimate of drug-likeness (QED) is 0.0324. The first-order valence-corrected chi connectivity index (χ1v) is 24.6. The Morgan fingerprint density at radius 1 is 0.500 bits per heavy atom. The molecule has 0 rings (SSSR count). The highest BCUT2D eigenvalue weighted by atomic mass is 16.5. The molecule has 0 radical (unpaired) electrons. The van der Waals surface area contributed by atoms with Crippen LogP contribution in [0.3, 0.4) is 0 Å². The average molecular weight is 790 g/mol. The fraction of sp³-hybridized carbons (Fsp3) is 0.880. The van der Waals surface area contributed by atoms with Gasteiger partial charge in [0.2, 0.25) is 5.91 Å². The number of allylic oxidation sites excluding steroid dienone is 4. The lowest BCUT2D eigenvalue weighted by molar-refractivity contribution is -0.143. The Labute approximate surface area is 348 Å². The molecule has 0 spiro atoms. The summed E-state index contributed by atoms with van der Waals surface area (Å²) in [5.41, 5.74) is 0. The van der Waals surface area contributed by atoms with Gasteiger partial charge in [-0.2, -0.15) is 0 Å². The molecule has 0 aliphatic carbocycles. The number of aliphatic hydroxyl groups excluding tert-OH is 2. The van der Waals surface area contributed by atoms with Crippen LogP contribution in [-0.2, 0) is 14.3 Å². The first-order chi connectivity index (χ1) is 27.5. The van der Waals surface area contributed by atoms with Crippen molar-refractivity contribution in [3.63, 3.8) is 0 Å². The van der Waals surface area contributed by atoms with E-state index in [1.165, 1.54) is 154 Å². The topological polar surface area (TPSA) is 95.9 Å². The minimum atomic E-state index is -0.678. The zero-order valence-corrected chi connectivity index (χ0v) is 37.4. The zero-order chi connectivity index (χ0) is 40.8. The third-order valence-corrected chi connectivity index (χ3v) is 11.3. The molecule has 56 heavy (non-hydrogen) atoms. The number of ether oxygens (including phenoxy) is 1. The summed E-state index contributed by atoms with van der Waals surface area (Å²) in [5, 5.41) is 23.1. The van der Waals surface area contributed by atoms with Crippen LogP contribution in [0, 0.1) is 0 Å². The van der Waals surface area contributed by atoms with Gasteiger partial charge >= 0.3 is 5.97 Å². The van der Waals surface area contributed by atoms with Gasteiger partial charge < -0.3 is 20.3 Å². The van der Waals surface area contributed by atoms with E-state index in [-0.39, 0.29) is 18.5 Å². The van der Waals surface area contributed by atoms with Crippen molar-refractivity contribution in [2.75, 3.05) is 13.2 Å². The van der Waals surface area contributed by atoms with Crippen LogP contribution in [0.4, 0.5) is 0 Å². The predicted octanol–water partition coefficient (Wildman–Crippen LogP) is 14.3. The van der Waals surface area contributed by atoms with Crippen molar-refractivity contribution in [3.8, 4) is 0 Å². The summed E-state index contributed by atoms with van der Waals surface area (Å²) >= 11 is 0. The van der Waals surface area contributed by atoms with Gasteiger partial charge in [0.1, 0.15) is 0 Å². The van der Waals surface area contributed by atoms with Gasteiger partial charge in [0.25, 0.3) is 0 Å². The highest BCUT2D eigenvalue weighted by Crippen LogP contribution is 2.16. The third kappa shape index (κ3) is 42.0. The van der Waals surface area contributed by atoms with Gasteiger partial charge in [-0.15, -0.1) is 0 Å². The average Bonchev–Trinajstić information content (AvgIpc) is 3.20. The second kappa shape index (κ2) is 46.0. The third-order valence-electron chi connectivity index (χ3n) is 11.3. The number of carbonyl (C=O) groups is 2. The van der Waals surface area contributed by atoms with E-state index in [1.54, 1.807) is 0 Å². The molecule has 3 N–H and O–H groups in total. The standard InChI is InChI=1S/C50H95NO5/c1-3-5-7-9-11-13-15-17-18-19-21-23-28-32-36-40-44-50(55)56-45-41-37-33-29-25-24-27-31-35-39-43-49(54)51-47(46-52)48(53)42-38-34-30-26-22-20-16-14-12-10-8-6-4-2/h13,15,18-19,47-48,52-53H,3-12,14,16-17,20-46H2,1-2H3,(H,51,54)/b15-13-,19-18-. The first-order valence-electron chi connectivity index (χ1n) is 24.6. The number of hydrogen-bond donors (Lipinski definition) is 3. The maximum Gasteiger partial charge on any atom is 0.305 e. The van der Waals surface area contributed by atoms with Crippen LogP contribution in [0.15, 0.2) is 24.3 Å². The first kappa shape index (κ1) is 54.3. The number of hydrogen-bond acceptors (Lipinski definition) is 5. The van der Waals surface area contributed by atoms with E-state index in [1.807, 2.05) is 0 Å². The van der Waals surface area contributed by atoms with Crippen molar-refractivity contribution in [2.24, 2.45) is 0 Å². The number of nitrogens with one attached hydrogen (secondary N) is 1. The van der Waals surface area contributed by atoms with Crippen LogP contribution in [0.2, 0.25) is 0 Å². The summed E-state index contributed by atoms with van der Waals surface area (Å²) in [7, 11) is 0. The van der Waals surface area contributed by atoms with Crippen molar-refractivity contribution in [1.29, 1.82) is 0 Å². The Morgan fingerprint density at radius 3 is 1.38 bits per heavy atom. The minimum absolute atomic E-state index is 0.0325. The molecule has 2 atom stereocenters. The van der Waals surface area contributed by atoms with Crippen LogP contribution >= 0.6 is 0 Å². The lowest BCUT2D eigenvalue weighted by Crippen LogP contribution is -2.45. The molecule has 0 saturated carbocycles. The zero-order valence-electron chi connectivity index (χ0n) is 37.4. The predicted molar refractivity (Wildman–Crippen MR) is 241 cm³/mol. The molecule has 6 heteroatoms. The largest absolute Gasteiger partial charge is 0.466 e. The van der Waals surface area contributed by atoms with Gasteiger partial charge in [-0.25, -0.2) is 0 Å². The number of aliphatic hydroxyl groups is 2. The number of unbranched alkanes of at least 4 members (excludes halogenated alkanes) is 30. The Balaban J connectivity index is 3.49. The molecule has 0 saturated heterocycles. The monoisotopic (exact) mass is 790 g/mol. The van der Waals surface area contributed by atoms with Crippen molar-refractivity contribution < 1.29 is 24.5 Å². The fourth-order valence-electron chi connectivity index (χ4n) is 7.43. The Bertz CT molecular complexity index is 874. The highest BCUT2D eigenvalue weighted by Gasteiger charge is 2.20. The van der Waals surface area contributed by atoms with Crippen LogP contribution in [-0.4, -0.2) is 47.4 Å². The number of amides is 1. The Morgan fingerprint density at radius 2 is 0.893 bits per heavy atom. The molecule has 6 nitrogen and oxygen atoms in total. The van der Waals surface area contributed by atoms with Crippen LogP contribution < -0.4 is 5.32 Å². The summed E-state index contributed by atoms with van der Waals surface area (Å²) in [4.78, 5) is 24.4. The van der Waals surface area contributed by atoms with Gasteiger partial charge in [0.15, 0.2) is 0 Å². The SMILES string of the molecule is CCCCCC/C=C\C/C=C\CCCCCCCC(=O)OCCCCCCCCCCCCC(=O)NC(CO)C(O)CCCCCCCCCCCCCCC. The molecule has 0 heterocycles. The maximum atomic E-state index is 12.4. The fourth-order valence-corrected chi connectivity index (χ4v) is 7.43. The van der Waals surface area contributed by atoms with Crippen molar-refractivity contribution in [3.05, 3.63) is 24.3 Å². The summed E-state index contributed by atoms with van der Waals surface area (Å²) in [5.74, 6) is -0.0919. The van der Waals surface area contributed by atoms with Gasteiger partial charge in [-0.1, -0.05) is 212 Å². The van der Waals surface area contributed by atoms with E-state index < -0.39 is 12.1 Å². The number of rotatable bonds is 45. The highest BCUT2D eigenvalue weighted by molar-refractivity contribution is 5.76. The summed E-state index contributed by atoms with van der Waals surface area (Å²) in [6.45, 7) is 4.87. The van der Waals surface area contributed by atoms with Crippen molar-refractivity contribution in [1.82, 2.24) is 5.32 Å². The van der Waals surface area contributed by atoms with Crippen molar-refractivity contribution >= 4 is 11.9 Å². The molecule has 0 aromatic carbocycles. The Kier molecular flexibility index (Phi) is 44.7. The molecular formula is C50H95NO5. The van der Waals surface area contributed by atoms with E-state index in [4.69, 9.17) is 4.74 Å². The summed E-state index contributed by atoms with van der Waals surface area (Å²) in [6.07, 6.45) is 52.7. The van der Waals surface area contributed by atoms with Gasteiger partial charge in [0, 0.05) is 12.8 Å². The minimum Gasteiger partial charge on any atom is -0.466 e. The van der Waals surface area contributed by atoms with E-state index >= 15 is 0 Å². The van der Waals surface area contributed by atoms with Gasteiger partial charge in [0.05, 0.1) is 25.4 Å². The molecule has 0 aromatic heterocycles. The smallest absolute Gasteiger partial charge is 0.305 e. The summed E-state index contributed by atoms with van der Waals surface area (Å²) in [6, 6.07) is -0.558. The van der Waals surface area contributed by atoms with Crippen molar-refractivity contribution in [2.45, 2.75) is 270 Å². The van der Waals surface area contributed by atoms with E-state index in [0.717, 1.165) is 70.6 Å². The van der Waals surface area contributed by atoms with E-state index in [0.29, 0.717) is 25.9 Å². The molecule has 330 valence electrons. The molecule has 0 fully saturated rings. The van der Waals surface area contributed by atoms with E-state index in [9.17, 15) is 19.8 Å². The van der Waals surface area contributed by atoms with Crippen LogP contribution in [0.1, 0.15) is 258 Å².